The highest BCUT2D eigenvalue weighted by atomic mass is 16.5. The Hall–Kier alpha value is -2.82. The summed E-state index contributed by atoms with van der Waals surface area (Å²) in [5.74, 6) is -0.401. The molecule has 1 unspecified atom stereocenters. The number of imidazole rings is 1. The molecule has 2 amide bonds. The number of carbonyl (C=O) groups is 2. The minimum Gasteiger partial charge on any atom is -0.379 e. The molecule has 30 heavy (non-hydrogen) atoms. The van der Waals surface area contributed by atoms with Crippen LogP contribution in [0.25, 0.3) is 10.4 Å². The number of piperidine rings is 1. The molecule has 1 aromatic heterocycles. The highest BCUT2D eigenvalue weighted by Crippen LogP contribution is 2.24. The van der Waals surface area contributed by atoms with Crippen molar-refractivity contribution in [1.29, 1.82) is 0 Å². The first-order valence-corrected chi connectivity index (χ1v) is 10.1. The van der Waals surface area contributed by atoms with Crippen molar-refractivity contribution < 1.29 is 14.3 Å². The summed E-state index contributed by atoms with van der Waals surface area (Å²) in [6.07, 6.45) is 4.82. The van der Waals surface area contributed by atoms with E-state index in [0.717, 1.165) is 39.1 Å². The molecule has 2 aliphatic rings. The number of hydrogen-bond acceptors (Lipinski definition) is 7. The fraction of sp³-hybridized carbons (Fsp3) is 0.722. The molecule has 0 spiro atoms. The number of rotatable bonds is 8. The van der Waals surface area contributed by atoms with Crippen LogP contribution in [0.4, 0.5) is 0 Å². The van der Waals surface area contributed by atoms with Crippen LogP contribution < -0.4 is 0 Å². The Labute approximate surface area is 173 Å². The molecule has 0 N–H and O–H groups in total. The average Bonchev–Trinajstić information content (AvgIpc) is 3.25. The van der Waals surface area contributed by atoms with Crippen LogP contribution in [-0.4, -0.2) is 76.6 Å². The third-order valence-corrected chi connectivity index (χ3v) is 5.64. The van der Waals surface area contributed by atoms with Crippen molar-refractivity contribution in [3.8, 4) is 0 Å². The summed E-state index contributed by atoms with van der Waals surface area (Å²) < 4.78 is 6.99. The summed E-state index contributed by atoms with van der Waals surface area (Å²) in [6, 6.07) is -0.468. The van der Waals surface area contributed by atoms with E-state index >= 15 is 0 Å². The average molecular weight is 418 g/mol. The number of aromatic nitrogens is 2. The molecule has 1 aromatic rings. The number of nitroso groups, excluding NO2 is 1. The first kappa shape index (κ1) is 21.9. The van der Waals surface area contributed by atoms with Crippen LogP contribution in [0.2, 0.25) is 0 Å². The molecule has 0 aliphatic carbocycles. The number of azide groups is 1. The maximum Gasteiger partial charge on any atom is 0.225 e. The number of nitrogens with zero attached hydrogens (tertiary/aromatic N) is 8. The van der Waals surface area contributed by atoms with Gasteiger partial charge in [-0.2, -0.15) is 4.91 Å². The molecule has 2 fully saturated rings. The molecule has 2 saturated heterocycles. The van der Waals surface area contributed by atoms with Gasteiger partial charge in [-0.3, -0.25) is 14.5 Å². The van der Waals surface area contributed by atoms with Crippen LogP contribution in [-0.2, 0) is 20.9 Å². The van der Waals surface area contributed by atoms with E-state index in [0.29, 0.717) is 25.0 Å². The van der Waals surface area contributed by atoms with Gasteiger partial charge in [-0.05, 0) is 23.5 Å². The Bertz CT molecular complexity index is 792. The quantitative estimate of drug-likeness (QED) is 0.271. The molecule has 2 aliphatic heterocycles. The van der Waals surface area contributed by atoms with Crippen molar-refractivity contribution in [3.05, 3.63) is 33.6 Å². The summed E-state index contributed by atoms with van der Waals surface area (Å²) in [5, 5.41) is 6.13. The van der Waals surface area contributed by atoms with Gasteiger partial charge in [-0.25, -0.2) is 4.98 Å². The number of hydrogen-bond donors (Lipinski definition) is 0. The lowest BCUT2D eigenvalue weighted by molar-refractivity contribution is -0.133. The zero-order valence-corrected chi connectivity index (χ0v) is 16.8. The molecule has 0 saturated carbocycles. The van der Waals surface area contributed by atoms with Gasteiger partial charge in [0, 0.05) is 62.5 Å². The van der Waals surface area contributed by atoms with Gasteiger partial charge in [0.15, 0.2) is 6.04 Å². The normalized spacial score (nSPS) is 19.1. The SMILES string of the molecule is [N-]=[N+]=NC(=O)CCn1ccnc1C(CC(=O)N1CCC(N2CCOCC2)CC1)N=O. The molecule has 1 atom stereocenters. The fourth-order valence-corrected chi connectivity index (χ4v) is 4.02. The molecule has 0 bridgehead atoms. The molecule has 12 nitrogen and oxygen atoms in total. The van der Waals surface area contributed by atoms with Crippen molar-refractivity contribution in [3.63, 3.8) is 0 Å². The van der Waals surface area contributed by atoms with Gasteiger partial charge in [0.05, 0.1) is 19.6 Å². The maximum atomic E-state index is 12.8. The summed E-state index contributed by atoms with van der Waals surface area (Å²) in [6.45, 7) is 4.88. The number of aryl methyl sites for hydroxylation is 1. The summed E-state index contributed by atoms with van der Waals surface area (Å²) in [7, 11) is 0. The molecular weight excluding hydrogens is 392 g/mol. The second-order valence-electron chi connectivity index (χ2n) is 7.40. The van der Waals surface area contributed by atoms with E-state index in [2.05, 4.69) is 25.1 Å². The number of carbonyl (C=O) groups excluding carboxylic acids is 2. The minimum atomic E-state index is -0.931. The third-order valence-electron chi connectivity index (χ3n) is 5.64. The largest absolute Gasteiger partial charge is 0.379 e. The summed E-state index contributed by atoms with van der Waals surface area (Å²) in [4.78, 5) is 46.4. The topological polar surface area (TPSA) is 146 Å². The van der Waals surface area contributed by atoms with E-state index in [1.54, 1.807) is 15.7 Å². The number of morpholine rings is 1. The summed E-state index contributed by atoms with van der Waals surface area (Å²) in [5.41, 5.74) is 8.30. The zero-order chi connectivity index (χ0) is 21.3. The smallest absolute Gasteiger partial charge is 0.225 e. The van der Waals surface area contributed by atoms with Gasteiger partial charge in [0.2, 0.25) is 11.8 Å². The van der Waals surface area contributed by atoms with Crippen LogP contribution >= 0.6 is 0 Å². The predicted octanol–water partition coefficient (Wildman–Crippen LogP) is 1.63. The molecule has 3 heterocycles. The highest BCUT2D eigenvalue weighted by molar-refractivity contribution is 5.77. The molecule has 0 aromatic carbocycles. The molecule has 162 valence electrons. The minimum absolute atomic E-state index is 0.0258. The van der Waals surface area contributed by atoms with Crippen LogP contribution in [0.1, 0.15) is 37.5 Å². The van der Waals surface area contributed by atoms with E-state index < -0.39 is 11.9 Å². The first-order valence-electron chi connectivity index (χ1n) is 10.1. The Morgan fingerprint density at radius 1 is 1.27 bits per heavy atom. The van der Waals surface area contributed by atoms with Gasteiger partial charge in [-0.15, -0.1) is 0 Å². The van der Waals surface area contributed by atoms with Gasteiger partial charge in [-0.1, -0.05) is 5.18 Å². The maximum absolute atomic E-state index is 12.8. The first-order chi connectivity index (χ1) is 14.6. The van der Waals surface area contributed by atoms with E-state index in [1.807, 2.05) is 0 Å². The van der Waals surface area contributed by atoms with E-state index in [1.165, 1.54) is 6.20 Å². The third kappa shape index (κ3) is 5.62. The molecule has 3 rings (SSSR count). The van der Waals surface area contributed by atoms with Gasteiger partial charge >= 0.3 is 0 Å². The summed E-state index contributed by atoms with van der Waals surface area (Å²) >= 11 is 0. The zero-order valence-electron chi connectivity index (χ0n) is 16.8. The van der Waals surface area contributed by atoms with Crippen LogP contribution in [0.3, 0.4) is 0 Å². The lowest BCUT2D eigenvalue weighted by Crippen LogP contribution is -2.50. The Balaban J connectivity index is 1.53. The number of ether oxygens (including phenoxy) is 1. The van der Waals surface area contributed by atoms with Crippen molar-refractivity contribution >= 4 is 11.8 Å². The Morgan fingerprint density at radius 3 is 2.67 bits per heavy atom. The lowest BCUT2D eigenvalue weighted by Gasteiger charge is -2.40. The molecule has 12 heteroatoms. The van der Waals surface area contributed by atoms with Crippen molar-refractivity contribution in [2.45, 2.75) is 44.3 Å². The second kappa shape index (κ2) is 10.8. The molecule has 0 radical (unpaired) electrons. The van der Waals surface area contributed by atoms with E-state index in [4.69, 9.17) is 10.3 Å². The van der Waals surface area contributed by atoms with Crippen LogP contribution in [0.15, 0.2) is 22.7 Å². The number of likely N-dealkylation sites (tertiary alicyclic amines) is 1. The van der Waals surface area contributed by atoms with E-state index in [9.17, 15) is 14.5 Å². The highest BCUT2D eigenvalue weighted by Gasteiger charge is 2.30. The molecular formula is C18H26N8O4. The van der Waals surface area contributed by atoms with Crippen molar-refractivity contribution in [2.24, 2.45) is 10.3 Å². The lowest BCUT2D eigenvalue weighted by atomic mass is 10.0. The second-order valence-corrected chi connectivity index (χ2v) is 7.40. The Morgan fingerprint density at radius 2 is 2.00 bits per heavy atom. The monoisotopic (exact) mass is 418 g/mol. The van der Waals surface area contributed by atoms with Gasteiger partial charge in [0.25, 0.3) is 0 Å². The van der Waals surface area contributed by atoms with Crippen LogP contribution in [0, 0.1) is 4.91 Å². The van der Waals surface area contributed by atoms with E-state index in [-0.39, 0.29) is 25.3 Å². The van der Waals surface area contributed by atoms with Gasteiger partial charge in [0.1, 0.15) is 5.82 Å². The predicted molar refractivity (Wildman–Crippen MR) is 106 cm³/mol. The van der Waals surface area contributed by atoms with Crippen LogP contribution in [0.5, 0.6) is 0 Å². The Kier molecular flexibility index (Phi) is 7.89. The standard InChI is InChI=1S/C18H26N8O4/c19-23-21-16(27)3-7-26-8-4-20-18(26)15(22-29)13-17(28)25-5-1-14(2-6-25)24-9-11-30-12-10-24/h4,8,14-15H,1-3,5-7,9-13H2. The number of amides is 2. The van der Waals surface area contributed by atoms with Crippen molar-refractivity contribution in [2.75, 3.05) is 39.4 Å². The van der Waals surface area contributed by atoms with Gasteiger partial charge < -0.3 is 14.2 Å². The fourth-order valence-electron chi connectivity index (χ4n) is 4.02. The van der Waals surface area contributed by atoms with Crippen molar-refractivity contribution in [1.82, 2.24) is 19.4 Å².